The van der Waals surface area contributed by atoms with Crippen molar-refractivity contribution in [1.82, 2.24) is 0 Å². The Morgan fingerprint density at radius 3 is 2.06 bits per heavy atom. The fraction of sp³-hybridized carbons (Fsp3) is 0.0714. The Morgan fingerprint density at radius 1 is 1.00 bits per heavy atom. The van der Waals surface area contributed by atoms with E-state index in [0.717, 1.165) is 0 Å². The van der Waals surface area contributed by atoms with Gasteiger partial charge in [0.2, 0.25) is 0 Å². The van der Waals surface area contributed by atoms with Gasteiger partial charge in [-0.1, -0.05) is 60.7 Å². The van der Waals surface area contributed by atoms with E-state index in [9.17, 15) is 9.90 Å². The van der Waals surface area contributed by atoms with E-state index in [1.165, 1.54) is 0 Å². The van der Waals surface area contributed by atoms with Crippen LogP contribution in [0.5, 0.6) is 0 Å². The van der Waals surface area contributed by atoms with Crippen molar-refractivity contribution in [3.05, 3.63) is 71.8 Å². The number of rotatable bonds is 3. The van der Waals surface area contributed by atoms with Crippen LogP contribution in [0, 0.1) is 0 Å². The molecule has 1 atom stereocenters. The zero-order valence-electron chi connectivity index (χ0n) is 9.63. The van der Waals surface area contributed by atoms with Crippen molar-refractivity contribution in [3.8, 4) is 0 Å². The SMILES string of the molecule is [2H]C(O)(C(=O)c1ccccc1)c1ccccc1. The van der Waals surface area contributed by atoms with Gasteiger partial charge in [0.25, 0.3) is 0 Å². The molecule has 0 aliphatic heterocycles. The van der Waals surface area contributed by atoms with Gasteiger partial charge in [0.05, 0.1) is 1.37 Å². The van der Waals surface area contributed by atoms with E-state index >= 15 is 0 Å². The lowest BCUT2D eigenvalue weighted by atomic mass is 10.0. The quantitative estimate of drug-likeness (QED) is 0.796. The molecule has 0 aromatic heterocycles. The van der Waals surface area contributed by atoms with Crippen molar-refractivity contribution in [3.63, 3.8) is 0 Å². The van der Waals surface area contributed by atoms with E-state index in [2.05, 4.69) is 0 Å². The van der Waals surface area contributed by atoms with Crippen LogP contribution < -0.4 is 0 Å². The molecule has 0 aliphatic rings. The summed E-state index contributed by atoms with van der Waals surface area (Å²) in [5.74, 6) is -0.621. The topological polar surface area (TPSA) is 37.3 Å². The normalized spacial score (nSPS) is 14.9. The van der Waals surface area contributed by atoms with Crippen LogP contribution in [0.2, 0.25) is 0 Å². The highest BCUT2D eigenvalue weighted by molar-refractivity contribution is 5.99. The van der Waals surface area contributed by atoms with E-state index in [0.29, 0.717) is 5.56 Å². The van der Waals surface area contributed by atoms with E-state index in [4.69, 9.17) is 1.37 Å². The van der Waals surface area contributed by atoms with E-state index in [1.54, 1.807) is 60.7 Å². The monoisotopic (exact) mass is 213 g/mol. The molecular weight excluding hydrogens is 200 g/mol. The second-order valence-corrected chi connectivity index (χ2v) is 3.41. The van der Waals surface area contributed by atoms with Crippen LogP contribution in [0.3, 0.4) is 0 Å². The summed E-state index contributed by atoms with van der Waals surface area (Å²) in [6, 6.07) is 16.6. The van der Waals surface area contributed by atoms with Crippen molar-refractivity contribution >= 4 is 5.78 Å². The Balaban J connectivity index is 2.37. The third-order valence-electron chi connectivity index (χ3n) is 2.30. The maximum Gasteiger partial charge on any atom is 0.195 e. The predicted molar refractivity (Wildman–Crippen MR) is 62.2 cm³/mol. The molecule has 0 saturated carbocycles. The number of Topliss-reactive ketones (excluding diaryl/α,β-unsaturated/α-hetero) is 1. The highest BCUT2D eigenvalue weighted by Gasteiger charge is 2.18. The van der Waals surface area contributed by atoms with Crippen LogP contribution in [0.4, 0.5) is 0 Å². The molecular formula is C14H12O2. The first kappa shape index (κ1) is 9.31. The lowest BCUT2D eigenvalue weighted by molar-refractivity contribution is 0.0747. The Morgan fingerprint density at radius 2 is 1.50 bits per heavy atom. The first-order chi connectivity index (χ1) is 8.12. The maximum atomic E-state index is 12.0. The first-order valence-corrected chi connectivity index (χ1v) is 5.00. The molecule has 1 unspecified atom stereocenters. The number of ketones is 1. The second-order valence-electron chi connectivity index (χ2n) is 3.41. The van der Waals surface area contributed by atoms with E-state index in [1.807, 2.05) is 0 Å². The smallest absolute Gasteiger partial charge is 0.195 e. The fourth-order valence-corrected chi connectivity index (χ4v) is 1.45. The zero-order chi connectivity index (χ0) is 12.3. The number of hydrogen-bond donors (Lipinski definition) is 1. The predicted octanol–water partition coefficient (Wildman–Crippen LogP) is 2.60. The van der Waals surface area contributed by atoms with Gasteiger partial charge < -0.3 is 5.11 Å². The van der Waals surface area contributed by atoms with Crippen LogP contribution in [0.25, 0.3) is 0 Å². The van der Waals surface area contributed by atoms with Crippen molar-refractivity contribution in [1.29, 1.82) is 0 Å². The van der Waals surface area contributed by atoms with Gasteiger partial charge in [-0.2, -0.15) is 0 Å². The molecule has 0 saturated heterocycles. The van der Waals surface area contributed by atoms with Crippen molar-refractivity contribution in [2.45, 2.75) is 6.08 Å². The number of benzene rings is 2. The number of carbonyl (C=O) groups is 1. The van der Waals surface area contributed by atoms with E-state index < -0.39 is 11.9 Å². The van der Waals surface area contributed by atoms with Gasteiger partial charge in [-0.15, -0.1) is 0 Å². The molecule has 2 aromatic carbocycles. The van der Waals surface area contributed by atoms with Gasteiger partial charge in [0.1, 0.15) is 6.08 Å². The average Bonchev–Trinajstić information content (AvgIpc) is 2.40. The highest BCUT2D eigenvalue weighted by atomic mass is 16.3. The van der Waals surface area contributed by atoms with Crippen LogP contribution >= 0.6 is 0 Å². The van der Waals surface area contributed by atoms with Gasteiger partial charge in [-0.05, 0) is 5.56 Å². The molecule has 0 spiro atoms. The molecule has 80 valence electrons. The Bertz CT molecular complexity index is 506. The minimum atomic E-state index is -2.23. The largest absolute Gasteiger partial charge is 0.380 e. The van der Waals surface area contributed by atoms with Crippen LogP contribution in [0.15, 0.2) is 60.7 Å². The lowest BCUT2D eigenvalue weighted by Crippen LogP contribution is -2.11. The van der Waals surface area contributed by atoms with Gasteiger partial charge in [-0.25, -0.2) is 0 Å². The molecule has 2 rings (SSSR count). The maximum absolute atomic E-state index is 12.0. The number of carbonyl (C=O) groups excluding carboxylic acids is 1. The first-order valence-electron chi connectivity index (χ1n) is 5.50. The van der Waals surface area contributed by atoms with Gasteiger partial charge >= 0.3 is 0 Å². The summed E-state index contributed by atoms with van der Waals surface area (Å²) >= 11 is 0. The van der Waals surface area contributed by atoms with Crippen molar-refractivity contribution in [2.75, 3.05) is 0 Å². The van der Waals surface area contributed by atoms with E-state index in [-0.39, 0.29) is 5.56 Å². The fourth-order valence-electron chi connectivity index (χ4n) is 1.45. The number of aliphatic hydroxyl groups is 1. The molecule has 1 N–H and O–H groups in total. The second kappa shape index (κ2) is 4.73. The summed E-state index contributed by atoms with van der Waals surface area (Å²) < 4.78 is 7.82. The summed E-state index contributed by atoms with van der Waals surface area (Å²) in [6.45, 7) is 0. The summed E-state index contributed by atoms with van der Waals surface area (Å²) in [6.07, 6.45) is -2.23. The molecule has 0 amide bonds. The van der Waals surface area contributed by atoms with Gasteiger partial charge in [0.15, 0.2) is 5.78 Å². The summed E-state index contributed by atoms with van der Waals surface area (Å²) in [5.41, 5.74) is 0.600. The van der Waals surface area contributed by atoms with Crippen LogP contribution in [-0.2, 0) is 0 Å². The summed E-state index contributed by atoms with van der Waals surface area (Å²) in [5, 5.41) is 10.0. The zero-order valence-corrected chi connectivity index (χ0v) is 8.63. The molecule has 0 bridgehead atoms. The molecule has 0 heterocycles. The molecule has 0 fully saturated rings. The molecule has 2 nitrogen and oxygen atoms in total. The molecule has 2 heteroatoms. The lowest BCUT2D eigenvalue weighted by Gasteiger charge is -2.09. The molecule has 2 aromatic rings. The highest BCUT2D eigenvalue weighted by Crippen LogP contribution is 2.17. The van der Waals surface area contributed by atoms with Crippen LogP contribution in [0.1, 0.15) is 23.4 Å². The summed E-state index contributed by atoms with van der Waals surface area (Å²) in [4.78, 5) is 12.0. The molecule has 0 radical (unpaired) electrons. The number of hydrogen-bond acceptors (Lipinski definition) is 2. The standard InChI is InChI=1S/C14H12O2/c15-13(11-7-3-1-4-8-11)14(16)12-9-5-2-6-10-12/h1-10,13,15H/i13D. The third-order valence-corrected chi connectivity index (χ3v) is 2.30. The molecule has 0 aliphatic carbocycles. The minimum absolute atomic E-state index is 0.272. The molecule has 16 heavy (non-hydrogen) atoms. The van der Waals surface area contributed by atoms with Crippen molar-refractivity contribution < 1.29 is 11.3 Å². The third kappa shape index (κ3) is 2.18. The minimum Gasteiger partial charge on any atom is -0.380 e. The van der Waals surface area contributed by atoms with Crippen molar-refractivity contribution in [2.24, 2.45) is 0 Å². The van der Waals surface area contributed by atoms with Crippen LogP contribution in [-0.4, -0.2) is 10.9 Å². The average molecular weight is 213 g/mol. The summed E-state index contributed by atoms with van der Waals surface area (Å²) in [7, 11) is 0. The Labute approximate surface area is 95.6 Å². The Hall–Kier alpha value is -1.93. The van der Waals surface area contributed by atoms with Gasteiger partial charge in [0, 0.05) is 5.56 Å². The van der Waals surface area contributed by atoms with Gasteiger partial charge in [-0.3, -0.25) is 4.79 Å². The Kier molecular flexibility index (Phi) is 2.75.